The number of fused-ring (bicyclic) bond motifs is 1. The van der Waals surface area contributed by atoms with Gasteiger partial charge in [-0.25, -0.2) is 0 Å². The minimum Gasteiger partial charge on any atom is -0.395 e. The molecule has 0 radical (unpaired) electrons. The first kappa shape index (κ1) is 15.7. The van der Waals surface area contributed by atoms with E-state index in [-0.39, 0.29) is 12.2 Å². The van der Waals surface area contributed by atoms with Crippen LogP contribution < -0.4 is 5.56 Å². The third kappa shape index (κ3) is 4.41. The van der Waals surface area contributed by atoms with Crippen molar-refractivity contribution >= 4 is 10.9 Å². The largest absolute Gasteiger partial charge is 0.395 e. The predicted molar refractivity (Wildman–Crippen MR) is 86.5 cm³/mol. The van der Waals surface area contributed by atoms with E-state index in [0.717, 1.165) is 29.4 Å². The molecule has 1 heterocycles. The summed E-state index contributed by atoms with van der Waals surface area (Å²) in [6.45, 7) is 4.41. The third-order valence-corrected chi connectivity index (χ3v) is 3.72. The number of aliphatic hydroxyl groups excluding tert-OH is 1. The normalized spacial score (nSPS) is 11.4. The number of rotatable bonds is 8. The summed E-state index contributed by atoms with van der Waals surface area (Å²) in [6, 6.07) is 9.76. The highest BCUT2D eigenvalue weighted by Crippen LogP contribution is 2.11. The number of aromatic amines is 1. The Bertz CT molecular complexity index is 621. The second kappa shape index (κ2) is 7.96. The average molecular weight is 288 g/mol. The molecule has 2 N–H and O–H groups in total. The van der Waals surface area contributed by atoms with Gasteiger partial charge in [0.15, 0.2) is 0 Å². The summed E-state index contributed by atoms with van der Waals surface area (Å²) < 4.78 is 0. The molecule has 0 spiro atoms. The summed E-state index contributed by atoms with van der Waals surface area (Å²) in [5.74, 6) is 0. The number of hydrogen-bond acceptors (Lipinski definition) is 3. The molecule has 4 nitrogen and oxygen atoms in total. The first-order valence-electron chi connectivity index (χ1n) is 7.68. The van der Waals surface area contributed by atoms with E-state index in [1.165, 1.54) is 12.8 Å². The number of hydrogen-bond donors (Lipinski definition) is 2. The van der Waals surface area contributed by atoms with Crippen LogP contribution in [-0.2, 0) is 6.54 Å². The highest BCUT2D eigenvalue weighted by molar-refractivity contribution is 5.78. The Hall–Kier alpha value is -1.65. The Morgan fingerprint density at radius 2 is 2.00 bits per heavy atom. The van der Waals surface area contributed by atoms with Crippen LogP contribution in [0.2, 0.25) is 0 Å². The van der Waals surface area contributed by atoms with Crippen molar-refractivity contribution in [2.24, 2.45) is 0 Å². The van der Waals surface area contributed by atoms with Crippen LogP contribution in [0.4, 0.5) is 0 Å². The van der Waals surface area contributed by atoms with Crippen LogP contribution >= 0.6 is 0 Å². The van der Waals surface area contributed by atoms with Gasteiger partial charge in [0.25, 0.3) is 5.56 Å². The van der Waals surface area contributed by atoms with Gasteiger partial charge in [-0.3, -0.25) is 9.69 Å². The molecule has 0 saturated carbocycles. The first-order chi connectivity index (χ1) is 10.2. The summed E-state index contributed by atoms with van der Waals surface area (Å²) >= 11 is 0. The minimum absolute atomic E-state index is 0.0351. The Balaban J connectivity index is 2.15. The number of aromatic nitrogens is 1. The zero-order chi connectivity index (χ0) is 15.1. The smallest absolute Gasteiger partial charge is 0.252 e. The van der Waals surface area contributed by atoms with Crippen molar-refractivity contribution in [1.29, 1.82) is 0 Å². The lowest BCUT2D eigenvalue weighted by atomic mass is 10.1. The van der Waals surface area contributed by atoms with Gasteiger partial charge in [-0.05, 0) is 30.5 Å². The highest BCUT2D eigenvalue weighted by Gasteiger charge is 2.09. The zero-order valence-electron chi connectivity index (χ0n) is 12.6. The van der Waals surface area contributed by atoms with Gasteiger partial charge in [0.1, 0.15) is 0 Å². The maximum Gasteiger partial charge on any atom is 0.252 e. The van der Waals surface area contributed by atoms with Crippen molar-refractivity contribution in [3.8, 4) is 0 Å². The van der Waals surface area contributed by atoms with Crippen molar-refractivity contribution in [3.05, 3.63) is 46.2 Å². The van der Waals surface area contributed by atoms with E-state index in [4.69, 9.17) is 0 Å². The summed E-state index contributed by atoms with van der Waals surface area (Å²) in [5, 5.41) is 10.2. The fourth-order valence-corrected chi connectivity index (χ4v) is 2.55. The van der Waals surface area contributed by atoms with Gasteiger partial charge in [0.2, 0.25) is 0 Å². The van der Waals surface area contributed by atoms with Gasteiger partial charge in [-0.15, -0.1) is 0 Å². The molecule has 0 saturated heterocycles. The lowest BCUT2D eigenvalue weighted by molar-refractivity contribution is 0.187. The number of para-hydroxylation sites is 1. The molecule has 0 atom stereocenters. The number of pyridine rings is 1. The van der Waals surface area contributed by atoms with Gasteiger partial charge in [-0.1, -0.05) is 38.0 Å². The molecule has 0 aliphatic carbocycles. The fraction of sp³-hybridized carbons (Fsp3) is 0.471. The number of nitrogens with one attached hydrogen (secondary N) is 1. The molecule has 0 amide bonds. The van der Waals surface area contributed by atoms with Crippen molar-refractivity contribution in [2.75, 3.05) is 19.7 Å². The molecule has 21 heavy (non-hydrogen) atoms. The second-order valence-electron chi connectivity index (χ2n) is 5.42. The van der Waals surface area contributed by atoms with Gasteiger partial charge in [-0.2, -0.15) is 0 Å². The van der Waals surface area contributed by atoms with Crippen molar-refractivity contribution in [1.82, 2.24) is 9.88 Å². The quantitative estimate of drug-likeness (QED) is 0.734. The van der Waals surface area contributed by atoms with Gasteiger partial charge >= 0.3 is 0 Å². The number of benzene rings is 1. The third-order valence-electron chi connectivity index (χ3n) is 3.72. The Morgan fingerprint density at radius 3 is 2.76 bits per heavy atom. The molecular weight excluding hydrogens is 264 g/mol. The lowest BCUT2D eigenvalue weighted by Crippen LogP contribution is -2.30. The van der Waals surface area contributed by atoms with Gasteiger partial charge in [0, 0.05) is 24.2 Å². The molecule has 2 rings (SSSR count). The van der Waals surface area contributed by atoms with Crippen LogP contribution in [0.3, 0.4) is 0 Å². The molecule has 2 aromatic rings. The molecule has 4 heteroatoms. The number of H-pyrrole nitrogens is 1. The topological polar surface area (TPSA) is 56.3 Å². The zero-order valence-corrected chi connectivity index (χ0v) is 12.6. The first-order valence-corrected chi connectivity index (χ1v) is 7.68. The maximum absolute atomic E-state index is 12.2. The summed E-state index contributed by atoms with van der Waals surface area (Å²) in [4.78, 5) is 17.2. The van der Waals surface area contributed by atoms with Crippen LogP contribution in [0.5, 0.6) is 0 Å². The number of nitrogens with zero attached hydrogens (tertiary/aromatic N) is 1. The molecule has 0 unspecified atom stereocenters. The molecule has 114 valence electrons. The van der Waals surface area contributed by atoms with Crippen molar-refractivity contribution < 1.29 is 5.11 Å². The monoisotopic (exact) mass is 288 g/mol. The average Bonchev–Trinajstić information content (AvgIpc) is 2.48. The minimum atomic E-state index is -0.0351. The Labute approximate surface area is 125 Å². The van der Waals surface area contributed by atoms with Crippen molar-refractivity contribution in [2.45, 2.75) is 32.7 Å². The molecule has 0 bridgehead atoms. The number of aliphatic hydroxyl groups is 1. The second-order valence-corrected chi connectivity index (χ2v) is 5.42. The fourth-order valence-electron chi connectivity index (χ4n) is 2.55. The lowest BCUT2D eigenvalue weighted by Gasteiger charge is -2.21. The molecular formula is C17H24N2O2. The molecule has 1 aromatic heterocycles. The molecule has 0 aliphatic heterocycles. The van der Waals surface area contributed by atoms with E-state index in [9.17, 15) is 9.90 Å². The van der Waals surface area contributed by atoms with Crippen LogP contribution in [0.1, 0.15) is 31.7 Å². The molecule has 1 aromatic carbocycles. The number of unbranched alkanes of at least 4 members (excludes halogenated alkanes) is 2. The predicted octanol–water partition coefficient (Wildman–Crippen LogP) is 2.51. The summed E-state index contributed by atoms with van der Waals surface area (Å²) in [7, 11) is 0. The van der Waals surface area contributed by atoms with E-state index < -0.39 is 0 Å². The van der Waals surface area contributed by atoms with Gasteiger partial charge < -0.3 is 10.1 Å². The van der Waals surface area contributed by atoms with E-state index in [1.54, 1.807) is 0 Å². The molecule has 0 aliphatic rings. The maximum atomic E-state index is 12.2. The van der Waals surface area contributed by atoms with Crippen molar-refractivity contribution in [3.63, 3.8) is 0 Å². The van der Waals surface area contributed by atoms with Crippen LogP contribution in [0.25, 0.3) is 10.9 Å². The summed E-state index contributed by atoms with van der Waals surface area (Å²) in [6.07, 6.45) is 3.45. The Morgan fingerprint density at radius 1 is 1.19 bits per heavy atom. The Kier molecular flexibility index (Phi) is 5.96. The van der Waals surface area contributed by atoms with Crippen LogP contribution in [0.15, 0.2) is 35.1 Å². The van der Waals surface area contributed by atoms with E-state index in [2.05, 4.69) is 16.8 Å². The highest BCUT2D eigenvalue weighted by atomic mass is 16.3. The standard InChI is InChI=1S/C17H24N2O2/c1-2-3-6-9-19(10-11-20)13-15-12-14-7-4-5-8-16(14)18-17(15)21/h4-5,7-8,12,20H,2-3,6,9-11,13H2,1H3,(H,18,21). The van der Waals surface area contributed by atoms with Crippen LogP contribution in [-0.4, -0.2) is 34.7 Å². The van der Waals surface area contributed by atoms with E-state index >= 15 is 0 Å². The summed E-state index contributed by atoms with van der Waals surface area (Å²) in [5.41, 5.74) is 1.59. The molecule has 0 fully saturated rings. The van der Waals surface area contributed by atoms with E-state index in [1.807, 2.05) is 30.3 Å². The van der Waals surface area contributed by atoms with Crippen LogP contribution in [0, 0.1) is 0 Å². The van der Waals surface area contributed by atoms with Gasteiger partial charge in [0.05, 0.1) is 6.61 Å². The SMILES string of the molecule is CCCCCN(CCO)Cc1cc2ccccc2[nH]c1=O. The van der Waals surface area contributed by atoms with E-state index in [0.29, 0.717) is 13.1 Å².